The molecular formula is C10H14FNS. The van der Waals surface area contributed by atoms with Crippen LogP contribution in [0.2, 0.25) is 0 Å². The van der Waals surface area contributed by atoms with Gasteiger partial charge in [-0.25, -0.2) is 4.39 Å². The minimum Gasteiger partial charge on any atom is -0.324 e. The summed E-state index contributed by atoms with van der Waals surface area (Å²) in [5.74, 6) is 0.697. The van der Waals surface area contributed by atoms with Crippen molar-refractivity contribution < 1.29 is 4.39 Å². The number of hydrogen-bond acceptors (Lipinski definition) is 2. The van der Waals surface area contributed by atoms with Crippen molar-refractivity contribution >= 4 is 11.8 Å². The third-order valence-electron chi connectivity index (χ3n) is 1.78. The molecule has 0 radical (unpaired) electrons. The van der Waals surface area contributed by atoms with Gasteiger partial charge in [0, 0.05) is 10.9 Å². The summed E-state index contributed by atoms with van der Waals surface area (Å²) in [6.07, 6.45) is 0. The molecule has 0 aromatic heterocycles. The number of thioether (sulfide) groups is 1. The van der Waals surface area contributed by atoms with Crippen LogP contribution in [-0.4, -0.2) is 5.75 Å². The van der Waals surface area contributed by atoms with E-state index in [9.17, 15) is 4.39 Å². The van der Waals surface area contributed by atoms with Gasteiger partial charge in [-0.3, -0.25) is 0 Å². The van der Waals surface area contributed by atoms with Crippen LogP contribution in [0.5, 0.6) is 0 Å². The van der Waals surface area contributed by atoms with Crippen molar-refractivity contribution in [1.29, 1.82) is 0 Å². The van der Waals surface area contributed by atoms with E-state index in [0.717, 1.165) is 11.3 Å². The highest BCUT2D eigenvalue weighted by atomic mass is 32.2. The first kappa shape index (κ1) is 10.5. The van der Waals surface area contributed by atoms with Crippen LogP contribution < -0.4 is 5.73 Å². The molecule has 0 saturated heterocycles. The summed E-state index contributed by atoms with van der Waals surface area (Å²) >= 11 is 1.50. The Kier molecular flexibility index (Phi) is 3.75. The molecule has 1 nitrogen and oxygen atoms in total. The monoisotopic (exact) mass is 199 g/mol. The Morgan fingerprint density at radius 2 is 2.23 bits per heavy atom. The molecule has 0 aliphatic heterocycles. The molecule has 1 unspecified atom stereocenters. The van der Waals surface area contributed by atoms with Gasteiger partial charge in [-0.05, 0) is 24.3 Å². The zero-order valence-electron chi connectivity index (χ0n) is 7.88. The Balaban J connectivity index is 3.09. The molecular weight excluding hydrogens is 185 g/mol. The fourth-order valence-corrected chi connectivity index (χ4v) is 2.10. The molecule has 0 bridgehead atoms. The van der Waals surface area contributed by atoms with Crippen LogP contribution in [0.25, 0.3) is 0 Å². The van der Waals surface area contributed by atoms with E-state index in [-0.39, 0.29) is 11.9 Å². The lowest BCUT2D eigenvalue weighted by atomic mass is 10.1. The molecule has 0 aliphatic rings. The van der Waals surface area contributed by atoms with E-state index < -0.39 is 0 Å². The number of halogens is 1. The number of hydrogen-bond donors (Lipinski definition) is 1. The van der Waals surface area contributed by atoms with Crippen LogP contribution in [0, 0.1) is 5.82 Å². The summed E-state index contributed by atoms with van der Waals surface area (Å²) in [7, 11) is 0. The van der Waals surface area contributed by atoms with Crippen molar-refractivity contribution in [3.05, 3.63) is 29.6 Å². The van der Waals surface area contributed by atoms with Gasteiger partial charge in [-0.1, -0.05) is 19.1 Å². The van der Waals surface area contributed by atoms with Crippen LogP contribution in [0.3, 0.4) is 0 Å². The topological polar surface area (TPSA) is 26.0 Å². The van der Waals surface area contributed by atoms with Gasteiger partial charge in [0.1, 0.15) is 5.82 Å². The lowest BCUT2D eigenvalue weighted by Gasteiger charge is -2.11. The minimum absolute atomic E-state index is 0.107. The van der Waals surface area contributed by atoms with E-state index in [1.54, 1.807) is 6.07 Å². The molecule has 0 saturated carbocycles. The van der Waals surface area contributed by atoms with Gasteiger partial charge in [-0.2, -0.15) is 0 Å². The maximum absolute atomic E-state index is 13.3. The van der Waals surface area contributed by atoms with Gasteiger partial charge in [-0.15, -0.1) is 11.8 Å². The second kappa shape index (κ2) is 4.63. The largest absolute Gasteiger partial charge is 0.324 e. The maximum atomic E-state index is 13.3. The molecule has 1 aromatic carbocycles. The molecule has 0 amide bonds. The average Bonchev–Trinajstić information content (AvgIpc) is 2.08. The maximum Gasteiger partial charge on any atom is 0.137 e. The van der Waals surface area contributed by atoms with Gasteiger partial charge >= 0.3 is 0 Å². The van der Waals surface area contributed by atoms with Crippen molar-refractivity contribution in [2.24, 2.45) is 5.73 Å². The summed E-state index contributed by atoms with van der Waals surface area (Å²) < 4.78 is 13.3. The van der Waals surface area contributed by atoms with Crippen molar-refractivity contribution in [1.82, 2.24) is 0 Å². The first-order valence-corrected chi connectivity index (χ1v) is 5.32. The highest BCUT2D eigenvalue weighted by molar-refractivity contribution is 7.99. The predicted molar refractivity (Wildman–Crippen MR) is 55.4 cm³/mol. The lowest BCUT2D eigenvalue weighted by molar-refractivity contribution is 0.591. The van der Waals surface area contributed by atoms with Crippen LogP contribution in [0.1, 0.15) is 25.5 Å². The van der Waals surface area contributed by atoms with Crippen LogP contribution in [-0.2, 0) is 0 Å². The first-order chi connectivity index (χ1) is 6.16. The molecule has 1 rings (SSSR count). The number of nitrogens with two attached hydrogens (primary N) is 1. The fourth-order valence-electron chi connectivity index (χ4n) is 1.18. The van der Waals surface area contributed by atoms with Gasteiger partial charge < -0.3 is 5.73 Å². The molecule has 72 valence electrons. The van der Waals surface area contributed by atoms with E-state index in [1.807, 2.05) is 19.9 Å². The van der Waals surface area contributed by atoms with Gasteiger partial charge in [0.2, 0.25) is 0 Å². The van der Waals surface area contributed by atoms with Crippen LogP contribution >= 0.6 is 11.8 Å². The summed E-state index contributed by atoms with van der Waals surface area (Å²) in [6.45, 7) is 3.87. The summed E-state index contributed by atoms with van der Waals surface area (Å²) in [4.78, 5) is 0.694. The zero-order valence-corrected chi connectivity index (χ0v) is 8.70. The van der Waals surface area contributed by atoms with E-state index >= 15 is 0 Å². The highest BCUT2D eigenvalue weighted by Gasteiger charge is 2.10. The van der Waals surface area contributed by atoms with Gasteiger partial charge in [0.15, 0.2) is 0 Å². The Labute approximate surface area is 82.5 Å². The second-order valence-corrected chi connectivity index (χ2v) is 4.15. The quantitative estimate of drug-likeness (QED) is 0.757. The molecule has 0 fully saturated rings. The van der Waals surface area contributed by atoms with Crippen LogP contribution in [0.4, 0.5) is 4.39 Å². The minimum atomic E-state index is -0.165. The normalized spacial score (nSPS) is 12.9. The Morgan fingerprint density at radius 3 is 2.77 bits per heavy atom. The third kappa shape index (κ3) is 2.45. The standard InChI is InChI=1S/C10H14FNS/c1-3-13-10-8(7(2)12)5-4-6-9(10)11/h4-7H,3,12H2,1-2H3. The van der Waals surface area contributed by atoms with Crippen molar-refractivity contribution in [3.8, 4) is 0 Å². The van der Waals surface area contributed by atoms with E-state index in [0.29, 0.717) is 4.90 Å². The predicted octanol–water partition coefficient (Wildman–Crippen LogP) is 2.96. The van der Waals surface area contributed by atoms with Gasteiger partial charge in [0.05, 0.1) is 0 Å². The van der Waals surface area contributed by atoms with Crippen molar-refractivity contribution in [3.63, 3.8) is 0 Å². The Morgan fingerprint density at radius 1 is 1.54 bits per heavy atom. The zero-order chi connectivity index (χ0) is 9.84. The summed E-state index contributed by atoms with van der Waals surface area (Å²) in [6, 6.07) is 4.95. The molecule has 2 N–H and O–H groups in total. The Hall–Kier alpha value is -0.540. The van der Waals surface area contributed by atoms with Gasteiger partial charge in [0.25, 0.3) is 0 Å². The molecule has 0 spiro atoms. The summed E-state index contributed by atoms with van der Waals surface area (Å²) in [5, 5.41) is 0. The summed E-state index contributed by atoms with van der Waals surface area (Å²) in [5.41, 5.74) is 6.63. The van der Waals surface area contributed by atoms with E-state index in [1.165, 1.54) is 17.8 Å². The SMILES string of the molecule is CCSc1c(F)cccc1C(C)N. The fraction of sp³-hybridized carbons (Fsp3) is 0.400. The van der Waals surface area contributed by atoms with Crippen LogP contribution in [0.15, 0.2) is 23.1 Å². The smallest absolute Gasteiger partial charge is 0.137 e. The molecule has 0 heterocycles. The highest BCUT2D eigenvalue weighted by Crippen LogP contribution is 2.28. The molecule has 13 heavy (non-hydrogen) atoms. The molecule has 1 aromatic rings. The van der Waals surface area contributed by atoms with Crippen molar-refractivity contribution in [2.75, 3.05) is 5.75 Å². The van der Waals surface area contributed by atoms with E-state index in [2.05, 4.69) is 0 Å². The molecule has 3 heteroatoms. The molecule has 1 atom stereocenters. The van der Waals surface area contributed by atoms with E-state index in [4.69, 9.17) is 5.73 Å². The lowest BCUT2D eigenvalue weighted by Crippen LogP contribution is -2.07. The molecule has 0 aliphatic carbocycles. The average molecular weight is 199 g/mol. The third-order valence-corrected chi connectivity index (χ3v) is 2.78. The number of rotatable bonds is 3. The van der Waals surface area contributed by atoms with Crippen molar-refractivity contribution in [2.45, 2.75) is 24.8 Å². The Bertz CT molecular complexity index is 286. The second-order valence-electron chi connectivity index (χ2n) is 2.88. The first-order valence-electron chi connectivity index (χ1n) is 4.33. The number of benzene rings is 1.